The topological polar surface area (TPSA) is 47.7 Å². The van der Waals surface area contributed by atoms with Crippen LogP contribution in [0.25, 0.3) is 0 Å². The van der Waals surface area contributed by atoms with E-state index in [1.165, 1.54) is 0 Å². The molecule has 0 radical (unpaired) electrons. The lowest BCUT2D eigenvalue weighted by Crippen LogP contribution is -2.46. The zero-order valence-corrected chi connectivity index (χ0v) is 10.3. The largest absolute Gasteiger partial charge is 0.379 e. The quantitative estimate of drug-likeness (QED) is 0.685. The van der Waals surface area contributed by atoms with Gasteiger partial charge in [-0.2, -0.15) is 0 Å². The van der Waals surface area contributed by atoms with E-state index in [2.05, 4.69) is 11.8 Å². The molecule has 2 N–H and O–H groups in total. The van der Waals surface area contributed by atoms with Crippen LogP contribution in [0.3, 0.4) is 0 Å². The molecule has 1 heterocycles. The second-order valence-electron chi connectivity index (χ2n) is 3.57. The Labute approximate surface area is 98.5 Å². The second-order valence-corrected chi connectivity index (χ2v) is 3.57. The lowest BCUT2D eigenvalue weighted by atomic mass is 10.2. The number of hydrogen-bond acceptors (Lipinski definition) is 4. The molecule has 1 aliphatic rings. The number of rotatable bonds is 6. The van der Waals surface area contributed by atoms with E-state index in [9.17, 15) is 0 Å². The van der Waals surface area contributed by atoms with E-state index in [1.54, 1.807) is 0 Å². The zero-order chi connectivity index (χ0) is 10.2. The van der Waals surface area contributed by atoms with Gasteiger partial charge in [-0.25, -0.2) is 0 Å². The lowest BCUT2D eigenvalue weighted by Gasteiger charge is -2.34. The first-order valence-electron chi connectivity index (χ1n) is 5.48. The highest BCUT2D eigenvalue weighted by atomic mass is 35.5. The van der Waals surface area contributed by atoms with Crippen molar-refractivity contribution in [2.75, 3.05) is 46.1 Å². The SMILES string of the molecule is CCC1COCCN1CCOCCN.Cl. The highest BCUT2D eigenvalue weighted by Gasteiger charge is 2.20. The van der Waals surface area contributed by atoms with Gasteiger partial charge < -0.3 is 15.2 Å². The summed E-state index contributed by atoms with van der Waals surface area (Å²) in [4.78, 5) is 2.44. The fourth-order valence-electron chi connectivity index (χ4n) is 1.73. The third kappa shape index (κ3) is 5.68. The average Bonchev–Trinajstić information content (AvgIpc) is 2.25. The van der Waals surface area contributed by atoms with Gasteiger partial charge in [0.25, 0.3) is 0 Å². The molecule has 0 aliphatic carbocycles. The molecule has 92 valence electrons. The summed E-state index contributed by atoms with van der Waals surface area (Å²) in [6.07, 6.45) is 1.15. The van der Waals surface area contributed by atoms with Gasteiger partial charge in [0.15, 0.2) is 0 Å². The number of nitrogens with zero attached hydrogens (tertiary/aromatic N) is 1. The minimum atomic E-state index is 0. The van der Waals surface area contributed by atoms with Crippen LogP contribution in [0, 0.1) is 0 Å². The molecule has 1 fully saturated rings. The van der Waals surface area contributed by atoms with E-state index < -0.39 is 0 Å². The molecule has 4 nitrogen and oxygen atoms in total. The third-order valence-corrected chi connectivity index (χ3v) is 2.61. The minimum absolute atomic E-state index is 0. The maximum atomic E-state index is 5.43. The van der Waals surface area contributed by atoms with E-state index in [-0.39, 0.29) is 12.4 Å². The van der Waals surface area contributed by atoms with E-state index in [1.807, 2.05) is 0 Å². The normalized spacial score (nSPS) is 22.4. The van der Waals surface area contributed by atoms with Crippen LogP contribution in [0.4, 0.5) is 0 Å². The van der Waals surface area contributed by atoms with Crippen LogP contribution in [-0.4, -0.2) is 57.0 Å². The molecule has 0 saturated carbocycles. The molecule has 0 aromatic heterocycles. The van der Waals surface area contributed by atoms with Gasteiger partial charge >= 0.3 is 0 Å². The molecular weight excluding hydrogens is 216 g/mol. The smallest absolute Gasteiger partial charge is 0.0622 e. The summed E-state index contributed by atoms with van der Waals surface area (Å²) in [6, 6.07) is 0.574. The van der Waals surface area contributed by atoms with Gasteiger partial charge in [-0.15, -0.1) is 12.4 Å². The summed E-state index contributed by atoms with van der Waals surface area (Å²) in [6.45, 7) is 8.02. The van der Waals surface area contributed by atoms with Crippen molar-refractivity contribution in [1.82, 2.24) is 4.90 Å². The first-order chi connectivity index (χ1) is 6.88. The summed E-state index contributed by atoms with van der Waals surface area (Å²) < 4.78 is 10.8. The van der Waals surface area contributed by atoms with Crippen molar-refractivity contribution in [3.05, 3.63) is 0 Å². The van der Waals surface area contributed by atoms with Crippen LogP contribution in [0.15, 0.2) is 0 Å². The van der Waals surface area contributed by atoms with E-state index in [4.69, 9.17) is 15.2 Å². The minimum Gasteiger partial charge on any atom is -0.379 e. The molecule has 0 spiro atoms. The Bertz CT molecular complexity index is 149. The van der Waals surface area contributed by atoms with E-state index >= 15 is 0 Å². The molecule has 15 heavy (non-hydrogen) atoms. The Hall–Kier alpha value is 0.130. The van der Waals surface area contributed by atoms with Crippen LogP contribution in [0.2, 0.25) is 0 Å². The van der Waals surface area contributed by atoms with Crippen molar-refractivity contribution >= 4 is 12.4 Å². The van der Waals surface area contributed by atoms with Gasteiger partial charge in [0.05, 0.1) is 26.4 Å². The number of morpholine rings is 1. The number of hydrogen-bond donors (Lipinski definition) is 1. The maximum absolute atomic E-state index is 5.43. The summed E-state index contributed by atoms with van der Waals surface area (Å²) in [5.74, 6) is 0. The van der Waals surface area contributed by atoms with Crippen molar-refractivity contribution in [1.29, 1.82) is 0 Å². The van der Waals surface area contributed by atoms with Gasteiger partial charge in [0, 0.05) is 25.7 Å². The van der Waals surface area contributed by atoms with Crippen LogP contribution in [-0.2, 0) is 9.47 Å². The van der Waals surface area contributed by atoms with Crippen LogP contribution in [0.5, 0.6) is 0 Å². The van der Waals surface area contributed by atoms with Crippen molar-refractivity contribution in [2.24, 2.45) is 5.73 Å². The van der Waals surface area contributed by atoms with E-state index in [0.29, 0.717) is 19.2 Å². The molecule has 5 heteroatoms. The van der Waals surface area contributed by atoms with Crippen LogP contribution < -0.4 is 5.73 Å². The van der Waals surface area contributed by atoms with Crippen molar-refractivity contribution in [3.8, 4) is 0 Å². The fourth-order valence-corrected chi connectivity index (χ4v) is 1.73. The summed E-state index contributed by atoms with van der Waals surface area (Å²) >= 11 is 0. The van der Waals surface area contributed by atoms with Gasteiger partial charge in [-0.05, 0) is 6.42 Å². The Balaban J connectivity index is 0.00000196. The molecule has 1 aliphatic heterocycles. The van der Waals surface area contributed by atoms with Crippen LogP contribution >= 0.6 is 12.4 Å². The molecular formula is C10H23ClN2O2. The van der Waals surface area contributed by atoms with Crippen LogP contribution in [0.1, 0.15) is 13.3 Å². The predicted molar refractivity (Wildman–Crippen MR) is 63.6 cm³/mol. The van der Waals surface area contributed by atoms with Gasteiger partial charge in [0.1, 0.15) is 0 Å². The van der Waals surface area contributed by atoms with Crippen molar-refractivity contribution in [2.45, 2.75) is 19.4 Å². The summed E-state index contributed by atoms with van der Waals surface area (Å²) in [7, 11) is 0. The molecule has 0 aromatic rings. The maximum Gasteiger partial charge on any atom is 0.0622 e. The molecule has 1 atom stereocenters. The Morgan fingerprint density at radius 1 is 1.47 bits per heavy atom. The molecule has 0 amide bonds. The van der Waals surface area contributed by atoms with Gasteiger partial charge in [-0.1, -0.05) is 6.92 Å². The first-order valence-corrected chi connectivity index (χ1v) is 5.48. The molecule has 0 aromatic carbocycles. The predicted octanol–water partition coefficient (Wildman–Crippen LogP) is 0.494. The monoisotopic (exact) mass is 238 g/mol. The number of nitrogens with two attached hydrogens (primary N) is 1. The highest BCUT2D eigenvalue weighted by Crippen LogP contribution is 2.09. The Morgan fingerprint density at radius 2 is 2.27 bits per heavy atom. The van der Waals surface area contributed by atoms with E-state index in [0.717, 1.165) is 39.3 Å². The van der Waals surface area contributed by atoms with Gasteiger partial charge in [0.2, 0.25) is 0 Å². The molecule has 1 rings (SSSR count). The molecule has 1 saturated heterocycles. The van der Waals surface area contributed by atoms with Gasteiger partial charge in [-0.3, -0.25) is 4.90 Å². The lowest BCUT2D eigenvalue weighted by molar-refractivity contribution is -0.0207. The Kier molecular flexibility index (Phi) is 9.44. The fraction of sp³-hybridized carbons (Fsp3) is 1.00. The number of ether oxygens (including phenoxy) is 2. The summed E-state index contributed by atoms with van der Waals surface area (Å²) in [5.41, 5.74) is 5.34. The van der Waals surface area contributed by atoms with Crippen molar-refractivity contribution in [3.63, 3.8) is 0 Å². The first kappa shape index (κ1) is 15.1. The second kappa shape index (κ2) is 9.36. The zero-order valence-electron chi connectivity index (χ0n) is 9.48. The van der Waals surface area contributed by atoms with Crippen molar-refractivity contribution < 1.29 is 9.47 Å². The highest BCUT2D eigenvalue weighted by molar-refractivity contribution is 5.85. The third-order valence-electron chi connectivity index (χ3n) is 2.61. The average molecular weight is 239 g/mol. The number of halogens is 1. The summed E-state index contributed by atoms with van der Waals surface area (Å²) in [5, 5.41) is 0. The molecule has 0 bridgehead atoms. The Morgan fingerprint density at radius 3 is 2.93 bits per heavy atom. The molecule has 1 unspecified atom stereocenters. The standard InChI is InChI=1S/C10H22N2O2.ClH/c1-2-10-9-14-8-5-12(10)4-7-13-6-3-11;/h10H,2-9,11H2,1H3;1H.